The number of benzene rings is 1. The van der Waals surface area contributed by atoms with Crippen molar-refractivity contribution in [3.05, 3.63) is 35.9 Å². The smallest absolute Gasteiger partial charge is 0.309 e. The highest BCUT2D eigenvalue weighted by atomic mass is 16.7. The van der Waals surface area contributed by atoms with E-state index in [0.717, 1.165) is 12.5 Å². The van der Waals surface area contributed by atoms with Crippen molar-refractivity contribution < 1.29 is 49.3 Å². The third kappa shape index (κ3) is 7.01. The molecule has 1 aromatic carbocycles. The van der Waals surface area contributed by atoms with Crippen LogP contribution >= 0.6 is 0 Å². The van der Waals surface area contributed by atoms with Gasteiger partial charge in [0, 0.05) is 0 Å². The standard InChI is InChI=1S/C20H28O10/c1-20(27,9-14(22)23)10-15(24)30-18-16(25)13(11-21)29-19(17(18)26)28-8-7-12-5-3-2-4-6-12/h2-6,13,16-19,21,25-27H,7-11H2,1H3,(H,22,23). The summed E-state index contributed by atoms with van der Waals surface area (Å²) in [5.41, 5.74) is -0.878. The number of carbonyl (C=O) groups is 2. The molecule has 0 aromatic heterocycles. The Morgan fingerprint density at radius 1 is 1.13 bits per heavy atom. The summed E-state index contributed by atoms with van der Waals surface area (Å²) >= 11 is 0. The Bertz CT molecular complexity index is 692. The van der Waals surface area contributed by atoms with Crippen molar-refractivity contribution in [2.24, 2.45) is 0 Å². The molecule has 2 rings (SSSR count). The average molecular weight is 428 g/mol. The lowest BCUT2D eigenvalue weighted by molar-refractivity contribution is -0.303. The summed E-state index contributed by atoms with van der Waals surface area (Å²) < 4.78 is 16.0. The van der Waals surface area contributed by atoms with E-state index in [9.17, 15) is 30.0 Å². The molecule has 0 spiro atoms. The number of carbonyl (C=O) groups excluding carboxylic acids is 1. The molecule has 1 fully saturated rings. The number of aliphatic hydroxyl groups excluding tert-OH is 3. The van der Waals surface area contributed by atoms with E-state index >= 15 is 0 Å². The van der Waals surface area contributed by atoms with Gasteiger partial charge >= 0.3 is 11.9 Å². The minimum absolute atomic E-state index is 0.161. The summed E-state index contributed by atoms with van der Waals surface area (Å²) in [6, 6.07) is 9.41. The lowest BCUT2D eigenvalue weighted by Gasteiger charge is -2.41. The molecule has 10 heteroatoms. The molecule has 5 N–H and O–H groups in total. The van der Waals surface area contributed by atoms with Crippen molar-refractivity contribution in [3.8, 4) is 0 Å². The Morgan fingerprint density at radius 2 is 1.80 bits per heavy atom. The van der Waals surface area contributed by atoms with E-state index in [4.69, 9.17) is 19.3 Å². The van der Waals surface area contributed by atoms with Gasteiger partial charge in [-0.3, -0.25) is 9.59 Å². The van der Waals surface area contributed by atoms with Gasteiger partial charge in [-0.1, -0.05) is 30.3 Å². The van der Waals surface area contributed by atoms with Gasteiger partial charge in [0.05, 0.1) is 31.7 Å². The van der Waals surface area contributed by atoms with Crippen LogP contribution < -0.4 is 0 Å². The fourth-order valence-electron chi connectivity index (χ4n) is 3.16. The Labute approximate surface area is 173 Å². The minimum atomic E-state index is -1.87. The van der Waals surface area contributed by atoms with Crippen LogP contribution in [0.25, 0.3) is 0 Å². The molecule has 1 aliphatic rings. The fourth-order valence-corrected chi connectivity index (χ4v) is 3.16. The van der Waals surface area contributed by atoms with Gasteiger partial charge < -0.3 is 39.7 Å². The normalized spacial score (nSPS) is 28.5. The van der Waals surface area contributed by atoms with Crippen molar-refractivity contribution in [2.75, 3.05) is 13.2 Å². The highest BCUT2D eigenvalue weighted by Crippen LogP contribution is 2.26. The van der Waals surface area contributed by atoms with Gasteiger partial charge in [0.15, 0.2) is 12.4 Å². The number of hydrogen-bond donors (Lipinski definition) is 5. The topological polar surface area (TPSA) is 163 Å². The zero-order chi connectivity index (χ0) is 22.3. The van der Waals surface area contributed by atoms with E-state index in [0.29, 0.717) is 6.42 Å². The van der Waals surface area contributed by atoms with Crippen LogP contribution in [0, 0.1) is 0 Å². The SMILES string of the molecule is CC(O)(CC(=O)O)CC(=O)OC1C(O)C(CO)OC(OCCc2ccccc2)C1O. The number of esters is 1. The number of rotatable bonds is 10. The van der Waals surface area contributed by atoms with Crippen LogP contribution in [0.1, 0.15) is 25.3 Å². The molecule has 0 amide bonds. The third-order valence-corrected chi connectivity index (χ3v) is 4.66. The van der Waals surface area contributed by atoms with E-state index < -0.39 is 67.7 Å². The van der Waals surface area contributed by atoms with Crippen LogP contribution in [-0.2, 0) is 30.2 Å². The molecule has 30 heavy (non-hydrogen) atoms. The monoisotopic (exact) mass is 428 g/mol. The lowest BCUT2D eigenvalue weighted by atomic mass is 9.97. The highest BCUT2D eigenvalue weighted by Gasteiger charge is 2.47. The molecule has 1 aliphatic heterocycles. The second-order valence-corrected chi connectivity index (χ2v) is 7.51. The molecule has 0 bridgehead atoms. The lowest BCUT2D eigenvalue weighted by Crippen LogP contribution is -2.60. The van der Waals surface area contributed by atoms with E-state index in [-0.39, 0.29) is 6.61 Å². The van der Waals surface area contributed by atoms with Crippen LogP contribution in [0.15, 0.2) is 30.3 Å². The molecule has 168 valence electrons. The minimum Gasteiger partial charge on any atom is -0.481 e. The van der Waals surface area contributed by atoms with Crippen LogP contribution in [0.4, 0.5) is 0 Å². The maximum Gasteiger partial charge on any atom is 0.309 e. The first-order chi connectivity index (χ1) is 14.1. The summed E-state index contributed by atoms with van der Waals surface area (Å²) in [4.78, 5) is 22.9. The van der Waals surface area contributed by atoms with Crippen LogP contribution in [0.3, 0.4) is 0 Å². The van der Waals surface area contributed by atoms with Crippen molar-refractivity contribution in [3.63, 3.8) is 0 Å². The Kier molecular flexibility index (Phi) is 8.71. The summed E-state index contributed by atoms with van der Waals surface area (Å²) in [6.07, 6.45) is -7.89. The zero-order valence-electron chi connectivity index (χ0n) is 16.6. The largest absolute Gasteiger partial charge is 0.481 e. The number of carboxylic acids is 1. The van der Waals surface area contributed by atoms with E-state index in [1.807, 2.05) is 30.3 Å². The predicted octanol–water partition coefficient (Wildman–Crippen LogP) is -0.788. The summed E-state index contributed by atoms with van der Waals surface area (Å²) in [6.45, 7) is 0.705. The fraction of sp³-hybridized carbons (Fsp3) is 0.600. The summed E-state index contributed by atoms with van der Waals surface area (Å²) in [5.74, 6) is -2.32. The number of carboxylic acid groups (broad SMARTS) is 1. The van der Waals surface area contributed by atoms with E-state index in [1.54, 1.807) is 0 Å². The molecule has 6 unspecified atom stereocenters. The zero-order valence-corrected chi connectivity index (χ0v) is 16.6. The van der Waals surface area contributed by atoms with Crippen molar-refractivity contribution in [1.82, 2.24) is 0 Å². The van der Waals surface area contributed by atoms with Crippen molar-refractivity contribution in [1.29, 1.82) is 0 Å². The van der Waals surface area contributed by atoms with Crippen LogP contribution in [-0.4, -0.2) is 87.0 Å². The molecule has 1 aromatic rings. The first kappa shape index (κ1) is 24.2. The molecule has 0 saturated carbocycles. The average Bonchev–Trinajstić information content (AvgIpc) is 2.66. The molecule has 0 aliphatic carbocycles. The molecular weight excluding hydrogens is 400 g/mol. The number of ether oxygens (including phenoxy) is 3. The molecule has 0 radical (unpaired) electrons. The maximum absolute atomic E-state index is 12.2. The molecule has 1 heterocycles. The summed E-state index contributed by atoms with van der Waals surface area (Å²) in [7, 11) is 0. The van der Waals surface area contributed by atoms with Gasteiger partial charge in [0.1, 0.15) is 18.3 Å². The van der Waals surface area contributed by atoms with Crippen molar-refractivity contribution >= 4 is 11.9 Å². The first-order valence-electron chi connectivity index (χ1n) is 9.54. The van der Waals surface area contributed by atoms with Gasteiger partial charge in [0.25, 0.3) is 0 Å². The van der Waals surface area contributed by atoms with Gasteiger partial charge in [-0.15, -0.1) is 0 Å². The van der Waals surface area contributed by atoms with Gasteiger partial charge in [0.2, 0.25) is 0 Å². The van der Waals surface area contributed by atoms with Gasteiger partial charge in [-0.2, -0.15) is 0 Å². The third-order valence-electron chi connectivity index (χ3n) is 4.66. The quantitative estimate of drug-likeness (QED) is 0.299. The van der Waals surface area contributed by atoms with Gasteiger partial charge in [-0.05, 0) is 18.9 Å². The highest BCUT2D eigenvalue weighted by molar-refractivity contribution is 5.74. The molecule has 1 saturated heterocycles. The molecule has 6 atom stereocenters. The molecule has 10 nitrogen and oxygen atoms in total. The number of aliphatic carboxylic acids is 1. The Hall–Kier alpha value is -2.08. The van der Waals surface area contributed by atoms with E-state index in [2.05, 4.69) is 0 Å². The van der Waals surface area contributed by atoms with Crippen molar-refractivity contribution in [2.45, 2.75) is 62.5 Å². The van der Waals surface area contributed by atoms with E-state index in [1.165, 1.54) is 0 Å². The number of hydrogen-bond acceptors (Lipinski definition) is 9. The predicted molar refractivity (Wildman–Crippen MR) is 101 cm³/mol. The summed E-state index contributed by atoms with van der Waals surface area (Å²) in [5, 5.41) is 49.0. The maximum atomic E-state index is 12.2. The Balaban J connectivity index is 1.98. The van der Waals surface area contributed by atoms with Crippen LogP contribution in [0.2, 0.25) is 0 Å². The first-order valence-corrected chi connectivity index (χ1v) is 9.54. The Morgan fingerprint density at radius 3 is 2.40 bits per heavy atom. The van der Waals surface area contributed by atoms with Gasteiger partial charge in [-0.25, -0.2) is 0 Å². The molecular formula is C20H28O10. The second-order valence-electron chi connectivity index (χ2n) is 7.51. The van der Waals surface area contributed by atoms with Crippen LogP contribution in [0.5, 0.6) is 0 Å². The second kappa shape index (κ2) is 10.8. The number of aliphatic hydroxyl groups is 4.